The summed E-state index contributed by atoms with van der Waals surface area (Å²) in [6.07, 6.45) is 1.31. The first kappa shape index (κ1) is 18.5. The van der Waals surface area contributed by atoms with Crippen LogP contribution in [0.25, 0.3) is 0 Å². The van der Waals surface area contributed by atoms with Crippen molar-refractivity contribution in [3.8, 4) is 17.2 Å². The van der Waals surface area contributed by atoms with Crippen molar-refractivity contribution in [1.29, 1.82) is 0 Å². The molecule has 0 aromatic heterocycles. The lowest BCUT2D eigenvalue weighted by molar-refractivity contribution is -0.385. The van der Waals surface area contributed by atoms with E-state index in [1.807, 2.05) is 12.1 Å². The lowest BCUT2D eigenvalue weighted by Crippen LogP contribution is -2.33. The van der Waals surface area contributed by atoms with E-state index in [-0.39, 0.29) is 11.5 Å². The van der Waals surface area contributed by atoms with E-state index in [4.69, 9.17) is 9.47 Å². The second-order valence-corrected chi connectivity index (χ2v) is 6.23. The fraction of sp³-hybridized carbons (Fsp3) is 0.316. The number of ether oxygens (including phenoxy) is 2. The zero-order valence-corrected chi connectivity index (χ0v) is 15.1. The van der Waals surface area contributed by atoms with E-state index in [9.17, 15) is 20.0 Å². The average molecular weight is 372 g/mol. The fourth-order valence-corrected chi connectivity index (χ4v) is 3.25. The molecule has 142 valence electrons. The van der Waals surface area contributed by atoms with Crippen molar-refractivity contribution in [3.63, 3.8) is 0 Å². The minimum Gasteiger partial charge on any atom is -0.502 e. The molecule has 0 saturated heterocycles. The molecule has 1 heterocycles. The number of carbonyl (C=O) groups is 1. The number of phenols is 1. The van der Waals surface area contributed by atoms with Gasteiger partial charge < -0.3 is 19.5 Å². The highest BCUT2D eigenvalue weighted by Gasteiger charge is 2.23. The van der Waals surface area contributed by atoms with Gasteiger partial charge in [-0.25, -0.2) is 0 Å². The summed E-state index contributed by atoms with van der Waals surface area (Å²) in [6, 6.07) is 7.51. The maximum atomic E-state index is 12.8. The second-order valence-electron chi connectivity index (χ2n) is 6.23. The van der Waals surface area contributed by atoms with Crippen LogP contribution in [0.15, 0.2) is 30.3 Å². The Balaban J connectivity index is 1.81. The van der Waals surface area contributed by atoms with Gasteiger partial charge in [-0.3, -0.25) is 14.9 Å². The number of hydrogen-bond donors (Lipinski definition) is 1. The van der Waals surface area contributed by atoms with Gasteiger partial charge in [-0.2, -0.15) is 0 Å². The van der Waals surface area contributed by atoms with E-state index < -0.39 is 16.4 Å². The molecular formula is C19H20N2O6. The first-order valence-corrected chi connectivity index (χ1v) is 8.45. The molecule has 2 aromatic rings. The monoisotopic (exact) mass is 372 g/mol. The van der Waals surface area contributed by atoms with Crippen molar-refractivity contribution < 1.29 is 24.3 Å². The molecule has 2 aromatic carbocycles. The van der Waals surface area contributed by atoms with Crippen LogP contribution >= 0.6 is 0 Å². The molecule has 8 nitrogen and oxygen atoms in total. The standard InChI is InChI=1S/C19H20N2O6/c1-26-17-10-12-5-7-20(8-6-13(12)11-18(17)27-2)19(23)14-3-4-15(21(24)25)16(22)9-14/h3-4,9-11,22H,5-8H2,1-2H3. The highest BCUT2D eigenvalue weighted by molar-refractivity contribution is 5.95. The Morgan fingerprint density at radius 3 is 2.07 bits per heavy atom. The van der Waals surface area contributed by atoms with Crippen LogP contribution in [0.1, 0.15) is 21.5 Å². The van der Waals surface area contributed by atoms with Crippen molar-refractivity contribution in [2.75, 3.05) is 27.3 Å². The Hall–Kier alpha value is -3.29. The number of phenolic OH excluding ortho intramolecular Hbond substituents is 1. The van der Waals surface area contributed by atoms with E-state index in [0.717, 1.165) is 23.3 Å². The Kier molecular flexibility index (Phi) is 5.16. The first-order chi connectivity index (χ1) is 12.9. The Morgan fingerprint density at radius 2 is 1.63 bits per heavy atom. The number of nitrogens with zero attached hydrogens (tertiary/aromatic N) is 2. The largest absolute Gasteiger partial charge is 0.502 e. The number of nitro benzene ring substituents is 1. The second kappa shape index (κ2) is 7.53. The number of fused-ring (bicyclic) bond motifs is 1. The van der Waals surface area contributed by atoms with Gasteiger partial charge in [0, 0.05) is 24.7 Å². The SMILES string of the molecule is COc1cc2c(cc1OC)CCN(C(=O)c1ccc([N+](=O)[O-])c(O)c1)CC2. The third kappa shape index (κ3) is 3.64. The number of aromatic hydroxyl groups is 1. The first-order valence-electron chi connectivity index (χ1n) is 8.45. The fourth-order valence-electron chi connectivity index (χ4n) is 3.25. The van der Waals surface area contributed by atoms with Crippen molar-refractivity contribution in [2.45, 2.75) is 12.8 Å². The smallest absolute Gasteiger partial charge is 0.310 e. The predicted molar refractivity (Wildman–Crippen MR) is 97.6 cm³/mol. The van der Waals surface area contributed by atoms with Crippen LogP contribution in [0.5, 0.6) is 17.2 Å². The Bertz CT molecular complexity index is 861. The van der Waals surface area contributed by atoms with Crippen molar-refractivity contribution >= 4 is 11.6 Å². The molecule has 0 atom stereocenters. The number of benzene rings is 2. The lowest BCUT2D eigenvalue weighted by Gasteiger charge is -2.20. The summed E-state index contributed by atoms with van der Waals surface area (Å²) in [4.78, 5) is 24.6. The van der Waals surface area contributed by atoms with Gasteiger partial charge in [-0.15, -0.1) is 0 Å². The lowest BCUT2D eigenvalue weighted by atomic mass is 10.0. The topological polar surface area (TPSA) is 102 Å². The van der Waals surface area contributed by atoms with Gasteiger partial charge in [0.2, 0.25) is 0 Å². The number of carbonyl (C=O) groups excluding carboxylic acids is 1. The van der Waals surface area contributed by atoms with Crippen LogP contribution in [-0.2, 0) is 12.8 Å². The van der Waals surface area contributed by atoms with Crippen LogP contribution in [-0.4, -0.2) is 48.1 Å². The van der Waals surface area contributed by atoms with Crippen LogP contribution in [0.2, 0.25) is 0 Å². The minimum atomic E-state index is -0.688. The molecule has 0 bridgehead atoms. The number of methoxy groups -OCH3 is 2. The molecular weight excluding hydrogens is 352 g/mol. The maximum Gasteiger partial charge on any atom is 0.310 e. The molecule has 0 saturated carbocycles. The van der Waals surface area contributed by atoms with Gasteiger partial charge in [-0.1, -0.05) is 0 Å². The summed E-state index contributed by atoms with van der Waals surface area (Å²) in [6.45, 7) is 0.998. The minimum absolute atomic E-state index is 0.221. The number of rotatable bonds is 4. The van der Waals surface area contributed by atoms with E-state index >= 15 is 0 Å². The summed E-state index contributed by atoms with van der Waals surface area (Å²) in [5.74, 6) is 0.512. The average Bonchev–Trinajstić information content (AvgIpc) is 2.87. The molecule has 27 heavy (non-hydrogen) atoms. The molecule has 1 N–H and O–H groups in total. The quantitative estimate of drug-likeness (QED) is 0.654. The third-order valence-corrected chi connectivity index (χ3v) is 4.71. The van der Waals surface area contributed by atoms with E-state index in [1.165, 1.54) is 6.07 Å². The van der Waals surface area contributed by atoms with E-state index in [0.29, 0.717) is 37.4 Å². The molecule has 1 aliphatic heterocycles. The Labute approximate surface area is 156 Å². The van der Waals surface area contributed by atoms with Gasteiger partial charge >= 0.3 is 5.69 Å². The molecule has 0 unspecified atom stereocenters. The molecule has 0 spiro atoms. The zero-order valence-electron chi connectivity index (χ0n) is 15.1. The normalized spacial score (nSPS) is 13.5. The summed E-state index contributed by atoms with van der Waals surface area (Å²) in [7, 11) is 3.16. The molecule has 0 radical (unpaired) electrons. The van der Waals surface area contributed by atoms with E-state index in [1.54, 1.807) is 19.1 Å². The molecule has 8 heteroatoms. The zero-order chi connectivity index (χ0) is 19.6. The van der Waals surface area contributed by atoms with Gasteiger partial charge in [0.25, 0.3) is 5.91 Å². The van der Waals surface area contributed by atoms with Crippen LogP contribution in [0.4, 0.5) is 5.69 Å². The molecule has 1 amide bonds. The number of hydrogen-bond acceptors (Lipinski definition) is 6. The van der Waals surface area contributed by atoms with Gasteiger partial charge in [0.15, 0.2) is 17.2 Å². The van der Waals surface area contributed by atoms with Gasteiger partial charge in [0.1, 0.15) is 0 Å². The van der Waals surface area contributed by atoms with Gasteiger partial charge in [-0.05, 0) is 48.2 Å². The van der Waals surface area contributed by atoms with E-state index in [2.05, 4.69) is 0 Å². The van der Waals surface area contributed by atoms with Crippen molar-refractivity contribution in [1.82, 2.24) is 4.90 Å². The molecule has 0 fully saturated rings. The molecule has 0 aliphatic carbocycles. The molecule has 1 aliphatic rings. The highest BCUT2D eigenvalue weighted by Crippen LogP contribution is 2.32. The highest BCUT2D eigenvalue weighted by atomic mass is 16.6. The van der Waals surface area contributed by atoms with Crippen molar-refractivity contribution in [3.05, 3.63) is 57.1 Å². The predicted octanol–water partition coefficient (Wildman–Crippen LogP) is 2.56. The summed E-state index contributed by atoms with van der Waals surface area (Å²) >= 11 is 0. The van der Waals surface area contributed by atoms with Crippen LogP contribution in [0, 0.1) is 10.1 Å². The summed E-state index contributed by atoms with van der Waals surface area (Å²) < 4.78 is 10.7. The van der Waals surface area contributed by atoms with Crippen molar-refractivity contribution in [2.24, 2.45) is 0 Å². The summed E-state index contributed by atoms with van der Waals surface area (Å²) in [5.41, 5.74) is 1.98. The Morgan fingerprint density at radius 1 is 1.07 bits per heavy atom. The van der Waals surface area contributed by atoms with Gasteiger partial charge in [0.05, 0.1) is 19.1 Å². The van der Waals surface area contributed by atoms with Crippen LogP contribution in [0.3, 0.4) is 0 Å². The maximum absolute atomic E-state index is 12.8. The summed E-state index contributed by atoms with van der Waals surface area (Å²) in [5, 5.41) is 20.6. The van der Waals surface area contributed by atoms with Crippen LogP contribution < -0.4 is 9.47 Å². The molecule has 3 rings (SSSR count). The third-order valence-electron chi connectivity index (χ3n) is 4.71. The number of nitro groups is 1. The number of amides is 1.